The molecule has 0 radical (unpaired) electrons. The summed E-state index contributed by atoms with van der Waals surface area (Å²) in [6.45, 7) is 3.36. The number of carbonyl (C=O) groups is 1. The second kappa shape index (κ2) is 7.13. The summed E-state index contributed by atoms with van der Waals surface area (Å²) >= 11 is 0. The van der Waals surface area contributed by atoms with E-state index < -0.39 is 11.7 Å². The van der Waals surface area contributed by atoms with Crippen LogP contribution in [0.4, 0.5) is 10.1 Å². The Kier molecular flexibility index (Phi) is 4.28. The van der Waals surface area contributed by atoms with E-state index >= 15 is 0 Å². The number of hydrogen-bond acceptors (Lipinski definition) is 8. The van der Waals surface area contributed by atoms with E-state index in [4.69, 9.17) is 8.94 Å². The Labute approximate surface area is 173 Å². The largest absolute Gasteiger partial charge is 0.463 e. The van der Waals surface area contributed by atoms with Crippen LogP contribution in [0.15, 0.2) is 51.6 Å². The summed E-state index contributed by atoms with van der Waals surface area (Å²) in [6.07, 6.45) is 1.51. The Morgan fingerprint density at radius 2 is 2.06 bits per heavy atom. The summed E-state index contributed by atoms with van der Waals surface area (Å²) in [5, 5.41) is 18.2. The number of rotatable bonds is 4. The fourth-order valence-electron chi connectivity index (χ4n) is 3.23. The van der Waals surface area contributed by atoms with Crippen LogP contribution in [0.5, 0.6) is 0 Å². The van der Waals surface area contributed by atoms with Crippen LogP contribution in [0.2, 0.25) is 0 Å². The first-order chi connectivity index (χ1) is 15.0. The lowest BCUT2D eigenvalue weighted by Gasteiger charge is -2.10. The maximum absolute atomic E-state index is 14.3. The van der Waals surface area contributed by atoms with Gasteiger partial charge in [0, 0.05) is 5.69 Å². The molecule has 1 N–H and O–H groups in total. The van der Waals surface area contributed by atoms with Crippen molar-refractivity contribution in [1.82, 2.24) is 30.3 Å². The predicted octanol–water partition coefficient (Wildman–Crippen LogP) is 3.47. The number of carbonyl (C=O) groups excluding carboxylic acids is 1. The van der Waals surface area contributed by atoms with Gasteiger partial charge in [-0.25, -0.2) is 9.37 Å². The van der Waals surface area contributed by atoms with E-state index in [0.717, 1.165) is 0 Å². The smallest absolute Gasteiger partial charge is 0.259 e. The first kappa shape index (κ1) is 18.6. The highest BCUT2D eigenvalue weighted by Gasteiger charge is 2.21. The number of halogens is 1. The molecule has 0 aliphatic carbocycles. The highest BCUT2D eigenvalue weighted by molar-refractivity contribution is 6.13. The van der Waals surface area contributed by atoms with Crippen molar-refractivity contribution < 1.29 is 18.1 Å². The van der Waals surface area contributed by atoms with Crippen LogP contribution >= 0.6 is 0 Å². The Morgan fingerprint density at radius 1 is 1.19 bits per heavy atom. The molecule has 0 aliphatic rings. The monoisotopic (exact) mass is 419 g/mol. The molecule has 11 heteroatoms. The summed E-state index contributed by atoms with van der Waals surface area (Å²) in [5.41, 5.74) is 1.90. The zero-order chi connectivity index (χ0) is 21.5. The van der Waals surface area contributed by atoms with Crippen molar-refractivity contribution >= 4 is 22.7 Å². The van der Waals surface area contributed by atoms with E-state index in [9.17, 15) is 9.18 Å². The van der Waals surface area contributed by atoms with E-state index in [1.165, 1.54) is 29.1 Å². The van der Waals surface area contributed by atoms with Gasteiger partial charge >= 0.3 is 0 Å². The molecule has 10 nitrogen and oxygen atoms in total. The zero-order valence-electron chi connectivity index (χ0n) is 16.3. The lowest BCUT2D eigenvalue weighted by atomic mass is 10.1. The van der Waals surface area contributed by atoms with Crippen LogP contribution in [0.25, 0.3) is 28.2 Å². The standard InChI is InChI=1S/C20H14FN7O3/c1-10-18-13(9-15(17-4-3-7-30-17)23-20(18)31-25-10)19(29)22-12-5-6-14(21)16(8-12)28-11(2)24-26-27-28/h3-9H,1-2H3,(H,22,29). The van der Waals surface area contributed by atoms with E-state index in [1.54, 1.807) is 32.0 Å². The van der Waals surface area contributed by atoms with E-state index in [-0.39, 0.29) is 11.4 Å². The van der Waals surface area contributed by atoms with Crippen LogP contribution in [-0.2, 0) is 0 Å². The Hall–Kier alpha value is -4.41. The molecule has 0 atom stereocenters. The molecule has 1 aromatic carbocycles. The molecule has 0 fully saturated rings. The minimum absolute atomic E-state index is 0.109. The van der Waals surface area contributed by atoms with Crippen molar-refractivity contribution in [1.29, 1.82) is 0 Å². The van der Waals surface area contributed by atoms with Crippen molar-refractivity contribution in [3.05, 3.63) is 65.6 Å². The second-order valence-electron chi connectivity index (χ2n) is 6.74. The predicted molar refractivity (Wildman–Crippen MR) is 106 cm³/mol. The van der Waals surface area contributed by atoms with Crippen molar-refractivity contribution in [2.75, 3.05) is 5.32 Å². The number of amides is 1. The number of tetrazole rings is 1. The Balaban J connectivity index is 1.56. The summed E-state index contributed by atoms with van der Waals surface area (Å²) in [7, 11) is 0. The SMILES string of the molecule is Cc1noc2nc(-c3ccco3)cc(C(=O)Nc3ccc(F)c(-n4nnnc4C)c3)c12. The van der Waals surface area contributed by atoms with Gasteiger partial charge in [-0.15, -0.1) is 5.10 Å². The molecule has 31 heavy (non-hydrogen) atoms. The fourth-order valence-corrected chi connectivity index (χ4v) is 3.23. The first-order valence-corrected chi connectivity index (χ1v) is 9.18. The summed E-state index contributed by atoms with van der Waals surface area (Å²) < 4.78 is 26.2. The van der Waals surface area contributed by atoms with Gasteiger partial charge in [0.05, 0.1) is 22.9 Å². The van der Waals surface area contributed by atoms with Crippen molar-refractivity contribution in [3.8, 4) is 17.1 Å². The highest BCUT2D eigenvalue weighted by Crippen LogP contribution is 2.28. The van der Waals surface area contributed by atoms with Gasteiger partial charge in [0.2, 0.25) is 0 Å². The normalized spacial score (nSPS) is 11.2. The van der Waals surface area contributed by atoms with Crippen molar-refractivity contribution in [2.45, 2.75) is 13.8 Å². The first-order valence-electron chi connectivity index (χ1n) is 9.18. The summed E-state index contributed by atoms with van der Waals surface area (Å²) in [4.78, 5) is 17.5. The van der Waals surface area contributed by atoms with Gasteiger partial charge in [-0.3, -0.25) is 4.79 Å². The quantitative estimate of drug-likeness (QED) is 0.469. The number of nitrogens with zero attached hydrogens (tertiary/aromatic N) is 6. The van der Waals surface area contributed by atoms with Crippen LogP contribution in [0, 0.1) is 19.7 Å². The average molecular weight is 419 g/mol. The Bertz CT molecular complexity index is 1420. The summed E-state index contributed by atoms with van der Waals surface area (Å²) in [6, 6.07) is 9.16. The van der Waals surface area contributed by atoms with Gasteiger partial charge < -0.3 is 14.3 Å². The molecular formula is C20H14FN7O3. The number of hydrogen-bond donors (Lipinski definition) is 1. The van der Waals surface area contributed by atoms with Crippen LogP contribution in [0.3, 0.4) is 0 Å². The van der Waals surface area contributed by atoms with Gasteiger partial charge in [0.25, 0.3) is 11.6 Å². The van der Waals surface area contributed by atoms with E-state index in [2.05, 4.69) is 31.0 Å². The molecule has 5 aromatic rings. The highest BCUT2D eigenvalue weighted by atomic mass is 19.1. The maximum Gasteiger partial charge on any atom is 0.259 e. The van der Waals surface area contributed by atoms with Crippen molar-refractivity contribution in [3.63, 3.8) is 0 Å². The van der Waals surface area contributed by atoms with Crippen LogP contribution < -0.4 is 5.32 Å². The zero-order valence-corrected chi connectivity index (χ0v) is 16.3. The minimum Gasteiger partial charge on any atom is -0.463 e. The second-order valence-corrected chi connectivity index (χ2v) is 6.74. The minimum atomic E-state index is -0.533. The average Bonchev–Trinajstić information content (AvgIpc) is 3.51. The molecular weight excluding hydrogens is 405 g/mol. The lowest BCUT2D eigenvalue weighted by molar-refractivity contribution is 0.102. The third-order valence-corrected chi connectivity index (χ3v) is 4.69. The molecule has 0 unspecified atom stereocenters. The fraction of sp³-hybridized carbons (Fsp3) is 0.100. The Morgan fingerprint density at radius 3 is 2.81 bits per heavy atom. The molecule has 0 saturated carbocycles. The molecule has 0 saturated heterocycles. The number of aryl methyl sites for hydroxylation is 2. The van der Waals surface area contributed by atoms with Crippen molar-refractivity contribution in [2.24, 2.45) is 0 Å². The van der Waals surface area contributed by atoms with Gasteiger partial charge in [-0.1, -0.05) is 5.16 Å². The molecule has 1 amide bonds. The third kappa shape index (κ3) is 3.21. The van der Waals surface area contributed by atoms with Crippen LogP contribution in [0.1, 0.15) is 21.9 Å². The van der Waals surface area contributed by atoms with E-state index in [1.807, 2.05) is 0 Å². The lowest BCUT2D eigenvalue weighted by Crippen LogP contribution is -2.14. The maximum atomic E-state index is 14.3. The number of pyridine rings is 1. The number of aromatic nitrogens is 6. The number of furan rings is 1. The number of fused-ring (bicyclic) bond motifs is 1. The molecule has 0 aliphatic heterocycles. The number of benzene rings is 1. The third-order valence-electron chi connectivity index (χ3n) is 4.69. The van der Waals surface area contributed by atoms with Crippen LogP contribution in [-0.4, -0.2) is 36.3 Å². The van der Waals surface area contributed by atoms with Gasteiger partial charge in [0.15, 0.2) is 11.6 Å². The van der Waals surface area contributed by atoms with Gasteiger partial charge in [0.1, 0.15) is 17.2 Å². The topological polar surface area (TPSA) is 125 Å². The number of anilines is 1. The number of nitrogens with one attached hydrogen (secondary N) is 1. The molecule has 0 bridgehead atoms. The molecule has 4 aromatic heterocycles. The van der Waals surface area contributed by atoms with Gasteiger partial charge in [-0.2, -0.15) is 4.68 Å². The molecule has 4 heterocycles. The molecule has 0 spiro atoms. The van der Waals surface area contributed by atoms with E-state index in [0.29, 0.717) is 39.6 Å². The van der Waals surface area contributed by atoms with Gasteiger partial charge in [-0.05, 0) is 60.7 Å². The molecule has 154 valence electrons. The molecule has 5 rings (SSSR count). The summed E-state index contributed by atoms with van der Waals surface area (Å²) in [5.74, 6) is -0.100.